The highest BCUT2D eigenvalue weighted by molar-refractivity contribution is 6.03. The van der Waals surface area contributed by atoms with Crippen LogP contribution in [0.4, 0.5) is 4.39 Å². The molecule has 0 atom stereocenters. The SMILES string of the molecule is Fc1ccc(-c2cc(C3=NCNC3)ccn2)cc1. The third-order valence-corrected chi connectivity index (χ3v) is 2.91. The number of hydrogen-bond acceptors (Lipinski definition) is 3. The number of nitrogens with zero attached hydrogens (tertiary/aromatic N) is 2. The standard InChI is InChI=1S/C14H12FN3/c15-12-3-1-10(2-4-12)13-7-11(5-6-17-13)14-8-16-9-18-14/h1-7,16H,8-9H2. The van der Waals surface area contributed by atoms with Gasteiger partial charge in [0.2, 0.25) is 0 Å². The Kier molecular flexibility index (Phi) is 2.86. The van der Waals surface area contributed by atoms with Gasteiger partial charge in [0.05, 0.1) is 18.1 Å². The summed E-state index contributed by atoms with van der Waals surface area (Å²) in [5.41, 5.74) is 3.85. The van der Waals surface area contributed by atoms with Gasteiger partial charge in [0.15, 0.2) is 0 Å². The zero-order chi connectivity index (χ0) is 12.4. The van der Waals surface area contributed by atoms with Crippen molar-refractivity contribution in [2.75, 3.05) is 13.2 Å². The van der Waals surface area contributed by atoms with E-state index in [0.29, 0.717) is 6.67 Å². The minimum atomic E-state index is -0.237. The van der Waals surface area contributed by atoms with Crippen LogP contribution in [0.15, 0.2) is 47.6 Å². The average molecular weight is 241 g/mol. The third-order valence-electron chi connectivity index (χ3n) is 2.91. The van der Waals surface area contributed by atoms with Crippen molar-refractivity contribution in [3.05, 3.63) is 54.0 Å². The lowest BCUT2D eigenvalue weighted by Gasteiger charge is -2.04. The third kappa shape index (κ3) is 2.15. The monoisotopic (exact) mass is 241 g/mol. The van der Waals surface area contributed by atoms with Crippen LogP contribution in [0, 0.1) is 5.82 Å². The van der Waals surface area contributed by atoms with Gasteiger partial charge in [-0.1, -0.05) is 0 Å². The Hall–Kier alpha value is -2.07. The minimum absolute atomic E-state index is 0.237. The van der Waals surface area contributed by atoms with Gasteiger partial charge in [0, 0.05) is 23.9 Å². The highest BCUT2D eigenvalue weighted by Crippen LogP contribution is 2.18. The molecule has 0 bridgehead atoms. The second-order valence-corrected chi connectivity index (χ2v) is 4.13. The Bertz CT molecular complexity index is 590. The van der Waals surface area contributed by atoms with Crippen molar-refractivity contribution in [2.45, 2.75) is 0 Å². The van der Waals surface area contributed by atoms with E-state index < -0.39 is 0 Å². The molecule has 2 aromatic rings. The molecule has 0 saturated heterocycles. The number of rotatable bonds is 2. The van der Waals surface area contributed by atoms with E-state index in [1.165, 1.54) is 12.1 Å². The van der Waals surface area contributed by atoms with Crippen LogP contribution in [-0.2, 0) is 0 Å². The first kappa shape index (κ1) is 11.0. The van der Waals surface area contributed by atoms with Crippen molar-refractivity contribution in [3.63, 3.8) is 0 Å². The van der Waals surface area contributed by atoms with E-state index in [1.807, 2.05) is 12.1 Å². The van der Waals surface area contributed by atoms with Gasteiger partial charge < -0.3 is 0 Å². The van der Waals surface area contributed by atoms with Gasteiger partial charge in [-0.2, -0.15) is 0 Å². The van der Waals surface area contributed by atoms with Crippen LogP contribution in [0.1, 0.15) is 5.56 Å². The molecule has 1 aromatic heterocycles. The summed E-state index contributed by atoms with van der Waals surface area (Å²) in [5.74, 6) is -0.237. The molecule has 0 aliphatic carbocycles. The van der Waals surface area contributed by atoms with E-state index in [2.05, 4.69) is 15.3 Å². The first-order valence-electron chi connectivity index (χ1n) is 5.79. The first-order chi connectivity index (χ1) is 8.83. The molecule has 1 aliphatic heterocycles. The summed E-state index contributed by atoms with van der Waals surface area (Å²) in [4.78, 5) is 8.69. The van der Waals surface area contributed by atoms with Crippen LogP contribution in [0.2, 0.25) is 0 Å². The summed E-state index contributed by atoms with van der Waals surface area (Å²) in [6.07, 6.45) is 1.76. The summed E-state index contributed by atoms with van der Waals surface area (Å²) >= 11 is 0. The maximum Gasteiger partial charge on any atom is 0.123 e. The molecular formula is C14H12FN3. The van der Waals surface area contributed by atoms with Crippen LogP contribution in [0.3, 0.4) is 0 Å². The van der Waals surface area contributed by atoms with Gasteiger partial charge in [0.1, 0.15) is 5.82 Å². The van der Waals surface area contributed by atoms with E-state index in [-0.39, 0.29) is 5.82 Å². The Morgan fingerprint density at radius 3 is 2.61 bits per heavy atom. The average Bonchev–Trinajstić information content (AvgIpc) is 2.94. The second-order valence-electron chi connectivity index (χ2n) is 4.13. The number of aromatic nitrogens is 1. The van der Waals surface area contributed by atoms with Crippen molar-refractivity contribution >= 4 is 5.71 Å². The van der Waals surface area contributed by atoms with Crippen LogP contribution in [0.5, 0.6) is 0 Å². The Morgan fingerprint density at radius 1 is 1.06 bits per heavy atom. The predicted octanol–water partition coefficient (Wildman–Crippen LogP) is 2.24. The molecule has 1 N–H and O–H groups in total. The molecule has 0 saturated carbocycles. The van der Waals surface area contributed by atoms with Crippen LogP contribution in [-0.4, -0.2) is 23.9 Å². The van der Waals surface area contributed by atoms with Crippen LogP contribution >= 0.6 is 0 Å². The van der Waals surface area contributed by atoms with Gasteiger partial charge in [-0.15, -0.1) is 0 Å². The predicted molar refractivity (Wildman–Crippen MR) is 69.0 cm³/mol. The van der Waals surface area contributed by atoms with Gasteiger partial charge >= 0.3 is 0 Å². The summed E-state index contributed by atoms with van der Waals surface area (Å²) in [6, 6.07) is 10.3. The fraction of sp³-hybridized carbons (Fsp3) is 0.143. The number of halogens is 1. The van der Waals surface area contributed by atoms with Crippen LogP contribution in [0.25, 0.3) is 11.3 Å². The molecule has 1 aromatic carbocycles. The van der Waals surface area contributed by atoms with E-state index in [1.54, 1.807) is 18.3 Å². The number of nitrogens with one attached hydrogen (secondary N) is 1. The molecule has 1 aliphatic rings. The Balaban J connectivity index is 1.98. The smallest absolute Gasteiger partial charge is 0.123 e. The van der Waals surface area contributed by atoms with Crippen molar-refractivity contribution in [1.82, 2.24) is 10.3 Å². The molecule has 2 heterocycles. The normalized spacial score (nSPS) is 14.6. The second kappa shape index (κ2) is 4.66. The lowest BCUT2D eigenvalue weighted by Crippen LogP contribution is -2.14. The molecule has 90 valence electrons. The van der Waals surface area contributed by atoms with Gasteiger partial charge in [-0.25, -0.2) is 4.39 Å². The minimum Gasteiger partial charge on any atom is -0.293 e. The Labute approximate surface area is 104 Å². The molecule has 3 rings (SSSR count). The molecule has 3 nitrogen and oxygen atoms in total. The number of benzene rings is 1. The Morgan fingerprint density at radius 2 is 1.89 bits per heavy atom. The van der Waals surface area contributed by atoms with E-state index in [0.717, 1.165) is 29.1 Å². The lowest BCUT2D eigenvalue weighted by molar-refractivity contribution is 0.628. The lowest BCUT2D eigenvalue weighted by atomic mass is 10.1. The van der Waals surface area contributed by atoms with Gasteiger partial charge in [0.25, 0.3) is 0 Å². The highest BCUT2D eigenvalue weighted by Gasteiger charge is 2.09. The number of aliphatic imine (C=N–C) groups is 1. The van der Waals surface area contributed by atoms with Crippen molar-refractivity contribution < 1.29 is 4.39 Å². The summed E-state index contributed by atoms with van der Waals surface area (Å²) in [7, 11) is 0. The molecule has 0 radical (unpaired) electrons. The first-order valence-corrected chi connectivity index (χ1v) is 5.79. The van der Waals surface area contributed by atoms with E-state index in [4.69, 9.17) is 0 Å². The zero-order valence-electron chi connectivity index (χ0n) is 9.73. The van der Waals surface area contributed by atoms with Crippen LogP contribution < -0.4 is 5.32 Å². The summed E-state index contributed by atoms with van der Waals surface area (Å²) < 4.78 is 12.9. The van der Waals surface area contributed by atoms with Crippen molar-refractivity contribution in [1.29, 1.82) is 0 Å². The quantitative estimate of drug-likeness (QED) is 0.875. The van der Waals surface area contributed by atoms with E-state index >= 15 is 0 Å². The van der Waals surface area contributed by atoms with E-state index in [9.17, 15) is 4.39 Å². The zero-order valence-corrected chi connectivity index (χ0v) is 9.73. The summed E-state index contributed by atoms with van der Waals surface area (Å²) in [5, 5.41) is 3.16. The van der Waals surface area contributed by atoms with Gasteiger partial charge in [-0.3, -0.25) is 15.3 Å². The van der Waals surface area contributed by atoms with Crippen molar-refractivity contribution in [2.24, 2.45) is 4.99 Å². The topological polar surface area (TPSA) is 37.3 Å². The molecule has 0 fully saturated rings. The largest absolute Gasteiger partial charge is 0.293 e. The fourth-order valence-electron chi connectivity index (χ4n) is 1.96. The highest BCUT2D eigenvalue weighted by atomic mass is 19.1. The molecule has 0 amide bonds. The number of pyridine rings is 1. The molecule has 0 unspecified atom stereocenters. The molecule has 0 spiro atoms. The van der Waals surface area contributed by atoms with Crippen molar-refractivity contribution in [3.8, 4) is 11.3 Å². The fourth-order valence-corrected chi connectivity index (χ4v) is 1.96. The maximum atomic E-state index is 12.9. The summed E-state index contributed by atoms with van der Waals surface area (Å²) in [6.45, 7) is 1.45. The molecule has 4 heteroatoms. The molecular weight excluding hydrogens is 229 g/mol. The van der Waals surface area contributed by atoms with Gasteiger partial charge in [-0.05, 0) is 36.4 Å². The molecule has 18 heavy (non-hydrogen) atoms. The number of hydrogen-bond donors (Lipinski definition) is 1. The maximum absolute atomic E-state index is 12.9.